The number of ether oxygens (including phenoxy) is 1. The fourth-order valence-corrected chi connectivity index (χ4v) is 1.38. The van der Waals surface area contributed by atoms with Crippen molar-refractivity contribution < 1.29 is 4.74 Å². The van der Waals surface area contributed by atoms with Gasteiger partial charge in [0.1, 0.15) is 5.75 Å². The lowest BCUT2D eigenvalue weighted by molar-refractivity contribution is 0.354. The smallest absolute Gasteiger partial charge is 0.125 e. The highest BCUT2D eigenvalue weighted by molar-refractivity contribution is 5.42. The number of fused-ring (bicyclic) bond motifs is 1. The molecule has 72 valence electrons. The lowest BCUT2D eigenvalue weighted by Gasteiger charge is -2.00. The first kappa shape index (κ1) is 10.1. The molecule has 0 unspecified atom stereocenters. The van der Waals surface area contributed by atoms with Gasteiger partial charge < -0.3 is 4.74 Å². The van der Waals surface area contributed by atoms with Crippen molar-refractivity contribution in [2.75, 3.05) is 6.61 Å². The molecule has 1 aromatic carbocycles. The lowest BCUT2D eigenvalue weighted by atomic mass is 10.1. The third kappa shape index (κ3) is 2.48. The predicted molar refractivity (Wildman–Crippen MR) is 56.3 cm³/mol. The van der Waals surface area contributed by atoms with Gasteiger partial charge in [-0.15, -0.1) is 0 Å². The molecule has 0 aliphatic carbocycles. The summed E-state index contributed by atoms with van der Waals surface area (Å²) in [6.45, 7) is 7.20. The molecule has 0 fully saturated rings. The predicted octanol–water partition coefficient (Wildman–Crippen LogP) is 3.35. The third-order valence-corrected chi connectivity index (χ3v) is 1.91. The molecule has 1 heterocycles. The summed E-state index contributed by atoms with van der Waals surface area (Å²) in [5.41, 5.74) is 2.62. The zero-order valence-corrected chi connectivity index (χ0v) is 8.76. The molecule has 1 aliphatic heterocycles. The molecule has 0 amide bonds. The average Bonchev–Trinajstić information content (AvgIpc) is 2.54. The maximum atomic E-state index is 5.43. The largest absolute Gasteiger partial charge is 0.493 e. The van der Waals surface area contributed by atoms with Crippen LogP contribution in [0.15, 0.2) is 18.2 Å². The van der Waals surface area contributed by atoms with E-state index in [9.17, 15) is 0 Å². The van der Waals surface area contributed by atoms with Crippen molar-refractivity contribution in [3.63, 3.8) is 0 Å². The summed E-state index contributed by atoms with van der Waals surface area (Å²) in [6, 6.07) is 6.31. The lowest BCUT2D eigenvalue weighted by Crippen LogP contribution is -1.87. The Labute approximate surface area is 80.7 Å². The minimum Gasteiger partial charge on any atom is -0.493 e. The van der Waals surface area contributed by atoms with Crippen LogP contribution in [0.4, 0.5) is 0 Å². The summed E-state index contributed by atoms with van der Waals surface area (Å²) in [4.78, 5) is 0. The van der Waals surface area contributed by atoms with Crippen molar-refractivity contribution >= 4 is 0 Å². The van der Waals surface area contributed by atoms with Crippen LogP contribution in [0, 0.1) is 6.92 Å². The Hall–Kier alpha value is -0.980. The van der Waals surface area contributed by atoms with E-state index in [0.29, 0.717) is 0 Å². The van der Waals surface area contributed by atoms with Gasteiger partial charge in [0.05, 0.1) is 6.61 Å². The molecule has 0 saturated heterocycles. The maximum absolute atomic E-state index is 5.43. The zero-order chi connectivity index (χ0) is 9.68. The molecule has 1 heteroatoms. The number of rotatable bonds is 0. The fraction of sp³-hybridized carbons (Fsp3) is 0.500. The molecule has 0 atom stereocenters. The highest BCUT2D eigenvalue weighted by Gasteiger charge is 2.12. The zero-order valence-electron chi connectivity index (χ0n) is 8.76. The molecular weight excluding hydrogens is 160 g/mol. The van der Waals surface area contributed by atoms with E-state index < -0.39 is 0 Å². The van der Waals surface area contributed by atoms with Gasteiger partial charge in [-0.3, -0.25) is 0 Å². The molecule has 1 aromatic rings. The number of hydrogen-bond acceptors (Lipinski definition) is 1. The summed E-state index contributed by atoms with van der Waals surface area (Å²) in [5, 5.41) is 0. The molecule has 0 aromatic heterocycles. The molecule has 1 aliphatic rings. The summed E-state index contributed by atoms with van der Waals surface area (Å²) < 4.78 is 5.43. The van der Waals surface area contributed by atoms with Crippen molar-refractivity contribution in [3.05, 3.63) is 29.3 Å². The van der Waals surface area contributed by atoms with Gasteiger partial charge in [-0.2, -0.15) is 0 Å². The Balaban J connectivity index is 0.000000251. The van der Waals surface area contributed by atoms with Gasteiger partial charge in [0.25, 0.3) is 0 Å². The minimum absolute atomic E-state index is 0.861. The summed E-state index contributed by atoms with van der Waals surface area (Å²) in [7, 11) is 0. The molecule has 0 spiro atoms. The highest BCUT2D eigenvalue weighted by Crippen LogP contribution is 2.28. The third-order valence-electron chi connectivity index (χ3n) is 1.91. The average molecular weight is 178 g/mol. The van der Waals surface area contributed by atoms with Crippen LogP contribution >= 0.6 is 0 Å². The van der Waals surface area contributed by atoms with Gasteiger partial charge >= 0.3 is 0 Å². The second kappa shape index (κ2) is 4.90. The molecular formula is C12H18O. The van der Waals surface area contributed by atoms with E-state index in [-0.39, 0.29) is 0 Å². The second-order valence-electron chi connectivity index (χ2n) is 3.37. The summed E-state index contributed by atoms with van der Waals surface area (Å²) in [6.07, 6.45) is 2.33. The van der Waals surface area contributed by atoms with E-state index in [4.69, 9.17) is 4.74 Å². The fourth-order valence-electron chi connectivity index (χ4n) is 1.38. The van der Waals surface area contributed by atoms with Crippen LogP contribution in [0.25, 0.3) is 0 Å². The van der Waals surface area contributed by atoms with E-state index >= 15 is 0 Å². The number of para-hydroxylation sites is 1. The van der Waals surface area contributed by atoms with E-state index in [2.05, 4.69) is 39.0 Å². The van der Waals surface area contributed by atoms with Crippen molar-refractivity contribution in [1.82, 2.24) is 0 Å². The standard InChI is InChI=1S/C9H10O.C3H8/c1-7-3-2-4-8-5-6-10-9(7)8;1-3-2/h2-4H,5-6H2,1H3;3H2,1-2H3. The normalized spacial score (nSPS) is 12.5. The summed E-state index contributed by atoms with van der Waals surface area (Å²) >= 11 is 0. The van der Waals surface area contributed by atoms with Crippen LogP contribution in [0.1, 0.15) is 31.4 Å². The van der Waals surface area contributed by atoms with E-state index in [1.165, 1.54) is 17.5 Å². The number of hydrogen-bond donors (Lipinski definition) is 0. The van der Waals surface area contributed by atoms with Crippen molar-refractivity contribution in [2.24, 2.45) is 0 Å². The van der Waals surface area contributed by atoms with Gasteiger partial charge in [-0.25, -0.2) is 0 Å². The monoisotopic (exact) mass is 178 g/mol. The van der Waals surface area contributed by atoms with Crippen LogP contribution in [0.5, 0.6) is 5.75 Å². The topological polar surface area (TPSA) is 9.23 Å². The van der Waals surface area contributed by atoms with E-state index in [0.717, 1.165) is 18.8 Å². The van der Waals surface area contributed by atoms with Gasteiger partial charge in [0.2, 0.25) is 0 Å². The second-order valence-corrected chi connectivity index (χ2v) is 3.37. The Bertz CT molecular complexity index is 266. The van der Waals surface area contributed by atoms with Gasteiger partial charge in [0, 0.05) is 6.42 Å². The van der Waals surface area contributed by atoms with E-state index in [1.54, 1.807) is 0 Å². The SMILES string of the molecule is CCC.Cc1cccc2c1OCC2. The molecule has 0 bridgehead atoms. The Kier molecular flexibility index (Phi) is 3.81. The molecule has 2 rings (SSSR count). The maximum Gasteiger partial charge on any atom is 0.125 e. The molecule has 1 nitrogen and oxygen atoms in total. The van der Waals surface area contributed by atoms with Crippen LogP contribution in [-0.4, -0.2) is 6.61 Å². The number of benzene rings is 1. The molecule has 0 saturated carbocycles. The van der Waals surface area contributed by atoms with Crippen molar-refractivity contribution in [2.45, 2.75) is 33.6 Å². The molecule has 0 radical (unpaired) electrons. The van der Waals surface area contributed by atoms with Gasteiger partial charge in [-0.05, 0) is 18.1 Å². The van der Waals surface area contributed by atoms with Crippen molar-refractivity contribution in [1.29, 1.82) is 0 Å². The first-order valence-corrected chi connectivity index (χ1v) is 5.00. The van der Waals surface area contributed by atoms with E-state index in [1.807, 2.05) is 0 Å². The van der Waals surface area contributed by atoms with Crippen LogP contribution in [0.2, 0.25) is 0 Å². The Morgan fingerprint density at radius 1 is 1.31 bits per heavy atom. The van der Waals surface area contributed by atoms with Gasteiger partial charge in [-0.1, -0.05) is 38.5 Å². The summed E-state index contributed by atoms with van der Waals surface area (Å²) in [5.74, 6) is 1.11. The van der Waals surface area contributed by atoms with Gasteiger partial charge in [0.15, 0.2) is 0 Å². The highest BCUT2D eigenvalue weighted by atomic mass is 16.5. The molecule has 13 heavy (non-hydrogen) atoms. The first-order valence-electron chi connectivity index (χ1n) is 5.00. The quantitative estimate of drug-likeness (QED) is 0.592. The number of aryl methyl sites for hydroxylation is 1. The molecule has 0 N–H and O–H groups in total. The Morgan fingerprint density at radius 2 is 2.00 bits per heavy atom. The van der Waals surface area contributed by atoms with Crippen LogP contribution < -0.4 is 4.74 Å². The van der Waals surface area contributed by atoms with Crippen LogP contribution in [0.3, 0.4) is 0 Å². The van der Waals surface area contributed by atoms with Crippen molar-refractivity contribution in [3.8, 4) is 5.75 Å². The first-order chi connectivity index (χ1) is 6.29. The Morgan fingerprint density at radius 3 is 2.62 bits per heavy atom. The minimum atomic E-state index is 0.861. The van der Waals surface area contributed by atoms with Crippen LogP contribution in [-0.2, 0) is 6.42 Å².